The summed E-state index contributed by atoms with van der Waals surface area (Å²) in [6, 6.07) is 1.85. The van der Waals surface area contributed by atoms with E-state index in [4.69, 9.17) is 0 Å². The Labute approximate surface area is 122 Å². The number of urea groups is 1. The molecule has 0 fully saturated rings. The highest BCUT2D eigenvalue weighted by Gasteiger charge is 2.25. The third-order valence-electron chi connectivity index (χ3n) is 2.77. The first-order chi connectivity index (χ1) is 8.91. The van der Waals surface area contributed by atoms with Crippen molar-refractivity contribution in [1.29, 1.82) is 0 Å². The predicted molar refractivity (Wildman–Crippen MR) is 83.2 cm³/mol. The van der Waals surface area contributed by atoms with Crippen molar-refractivity contribution in [3.05, 3.63) is 11.8 Å². The average Bonchev–Trinajstić information content (AvgIpc) is 2.58. The van der Waals surface area contributed by atoms with Crippen molar-refractivity contribution in [2.75, 3.05) is 5.32 Å². The molecule has 0 aliphatic rings. The van der Waals surface area contributed by atoms with E-state index in [9.17, 15) is 4.79 Å². The third-order valence-corrected chi connectivity index (χ3v) is 2.77. The molecule has 0 saturated heterocycles. The Hall–Kier alpha value is -1.52. The normalized spacial score (nSPS) is 12.7. The molecular weight excluding hydrogens is 252 g/mol. The monoisotopic (exact) mass is 280 g/mol. The van der Waals surface area contributed by atoms with Crippen LogP contribution in [0.5, 0.6) is 0 Å². The summed E-state index contributed by atoms with van der Waals surface area (Å²) in [4.78, 5) is 11.9. The van der Waals surface area contributed by atoms with Crippen LogP contribution in [0.15, 0.2) is 6.07 Å². The summed E-state index contributed by atoms with van der Waals surface area (Å²) in [5.74, 6) is 0.723. The molecule has 0 unspecified atom stereocenters. The summed E-state index contributed by atoms with van der Waals surface area (Å²) >= 11 is 0. The summed E-state index contributed by atoms with van der Waals surface area (Å²) < 4.78 is 1.87. The van der Waals surface area contributed by atoms with Gasteiger partial charge in [0, 0.05) is 17.5 Å². The molecule has 5 heteroatoms. The molecule has 20 heavy (non-hydrogen) atoms. The van der Waals surface area contributed by atoms with Gasteiger partial charge in [-0.1, -0.05) is 20.8 Å². The van der Waals surface area contributed by atoms with E-state index in [2.05, 4.69) is 57.3 Å². The first-order valence-corrected chi connectivity index (χ1v) is 7.10. The van der Waals surface area contributed by atoms with Crippen LogP contribution in [0, 0.1) is 0 Å². The van der Waals surface area contributed by atoms with Crippen LogP contribution in [-0.4, -0.2) is 21.9 Å². The van der Waals surface area contributed by atoms with E-state index in [1.165, 1.54) is 0 Å². The SMILES string of the molecule is CC(C)NC(=O)Nc1cc(C(C)(C)C)nn1C(C)(C)C. The molecule has 1 heterocycles. The number of carbonyl (C=O) groups excluding carboxylic acids is 1. The maximum Gasteiger partial charge on any atom is 0.320 e. The molecule has 1 aromatic heterocycles. The molecule has 114 valence electrons. The van der Waals surface area contributed by atoms with Gasteiger partial charge in [0.15, 0.2) is 0 Å². The second-order valence-corrected chi connectivity index (χ2v) is 7.50. The molecule has 0 spiro atoms. The Morgan fingerprint density at radius 1 is 1.20 bits per heavy atom. The molecular formula is C15H28N4O. The van der Waals surface area contributed by atoms with E-state index in [1.54, 1.807) is 0 Å². The molecule has 1 aromatic rings. The molecule has 0 bridgehead atoms. The average molecular weight is 280 g/mol. The van der Waals surface area contributed by atoms with Crippen molar-refractivity contribution in [1.82, 2.24) is 15.1 Å². The molecule has 0 radical (unpaired) electrons. The lowest BCUT2D eigenvalue weighted by Gasteiger charge is -2.23. The van der Waals surface area contributed by atoms with Gasteiger partial charge >= 0.3 is 6.03 Å². The molecule has 2 N–H and O–H groups in total. The summed E-state index contributed by atoms with van der Waals surface area (Å²) in [6.45, 7) is 16.4. The number of rotatable bonds is 2. The van der Waals surface area contributed by atoms with Crippen molar-refractivity contribution in [3.63, 3.8) is 0 Å². The molecule has 0 aliphatic heterocycles. The summed E-state index contributed by atoms with van der Waals surface area (Å²) in [7, 11) is 0. The quantitative estimate of drug-likeness (QED) is 0.871. The first-order valence-electron chi connectivity index (χ1n) is 7.10. The molecule has 5 nitrogen and oxygen atoms in total. The number of aromatic nitrogens is 2. The van der Waals surface area contributed by atoms with E-state index in [0.717, 1.165) is 11.5 Å². The summed E-state index contributed by atoms with van der Waals surface area (Å²) in [6.07, 6.45) is 0. The Kier molecular flexibility index (Phi) is 4.52. The van der Waals surface area contributed by atoms with Gasteiger partial charge in [0.2, 0.25) is 0 Å². The molecule has 0 aromatic carbocycles. The number of amides is 2. The number of hydrogen-bond acceptors (Lipinski definition) is 2. The van der Waals surface area contributed by atoms with Gasteiger partial charge in [0.25, 0.3) is 0 Å². The number of nitrogens with zero attached hydrogens (tertiary/aromatic N) is 2. The standard InChI is InChI=1S/C15H28N4O/c1-10(2)16-13(20)17-12-9-11(14(3,4)5)18-19(12)15(6,7)8/h9-10H,1-8H3,(H2,16,17,20). The number of anilines is 1. The smallest absolute Gasteiger partial charge is 0.320 e. The van der Waals surface area contributed by atoms with Crippen LogP contribution in [-0.2, 0) is 11.0 Å². The fraction of sp³-hybridized carbons (Fsp3) is 0.733. The topological polar surface area (TPSA) is 59.0 Å². The minimum atomic E-state index is -0.203. The molecule has 2 amide bonds. The lowest BCUT2D eigenvalue weighted by molar-refractivity contribution is 0.249. The van der Waals surface area contributed by atoms with Crippen LogP contribution < -0.4 is 10.6 Å². The van der Waals surface area contributed by atoms with Crippen LogP contribution in [0.4, 0.5) is 10.6 Å². The van der Waals surface area contributed by atoms with Crippen molar-refractivity contribution in [3.8, 4) is 0 Å². The highest BCUT2D eigenvalue weighted by atomic mass is 16.2. The van der Waals surface area contributed by atoms with Gasteiger partial charge in [-0.05, 0) is 34.6 Å². The lowest BCUT2D eigenvalue weighted by Crippen LogP contribution is -2.36. The first kappa shape index (κ1) is 16.5. The van der Waals surface area contributed by atoms with Crippen molar-refractivity contribution in [2.45, 2.75) is 72.4 Å². The Morgan fingerprint density at radius 3 is 2.15 bits per heavy atom. The molecule has 0 saturated carbocycles. The highest BCUT2D eigenvalue weighted by molar-refractivity contribution is 5.88. The van der Waals surface area contributed by atoms with E-state index < -0.39 is 0 Å². The predicted octanol–water partition coefficient (Wildman–Crippen LogP) is 3.47. The minimum absolute atomic E-state index is 0.0541. The van der Waals surface area contributed by atoms with Crippen molar-refractivity contribution in [2.24, 2.45) is 0 Å². The van der Waals surface area contributed by atoms with E-state index in [0.29, 0.717) is 0 Å². The van der Waals surface area contributed by atoms with Crippen LogP contribution >= 0.6 is 0 Å². The zero-order valence-electron chi connectivity index (χ0n) is 14.0. The van der Waals surface area contributed by atoms with Gasteiger partial charge in [0.1, 0.15) is 5.82 Å². The number of carbonyl (C=O) groups is 1. The maximum absolute atomic E-state index is 11.9. The number of hydrogen-bond donors (Lipinski definition) is 2. The van der Waals surface area contributed by atoms with Crippen LogP contribution in [0.3, 0.4) is 0 Å². The Morgan fingerprint density at radius 2 is 1.75 bits per heavy atom. The molecule has 0 aliphatic carbocycles. The van der Waals surface area contributed by atoms with Crippen molar-refractivity contribution >= 4 is 11.8 Å². The van der Waals surface area contributed by atoms with Gasteiger partial charge in [0.05, 0.1) is 11.2 Å². The van der Waals surface area contributed by atoms with E-state index >= 15 is 0 Å². The van der Waals surface area contributed by atoms with Crippen molar-refractivity contribution < 1.29 is 4.79 Å². The Bertz CT molecular complexity index is 475. The van der Waals surface area contributed by atoms with Crippen LogP contribution in [0.25, 0.3) is 0 Å². The highest BCUT2D eigenvalue weighted by Crippen LogP contribution is 2.28. The zero-order chi connectivity index (χ0) is 15.7. The van der Waals surface area contributed by atoms with Gasteiger partial charge in [-0.15, -0.1) is 0 Å². The largest absolute Gasteiger partial charge is 0.336 e. The fourth-order valence-electron chi connectivity index (χ4n) is 1.76. The second kappa shape index (κ2) is 5.46. The second-order valence-electron chi connectivity index (χ2n) is 7.50. The van der Waals surface area contributed by atoms with Crippen LogP contribution in [0.2, 0.25) is 0 Å². The maximum atomic E-state index is 11.9. The van der Waals surface area contributed by atoms with E-state index in [-0.39, 0.29) is 23.0 Å². The molecule has 1 rings (SSSR count). The molecule has 0 atom stereocenters. The fourth-order valence-corrected chi connectivity index (χ4v) is 1.76. The number of nitrogens with one attached hydrogen (secondary N) is 2. The van der Waals surface area contributed by atoms with Crippen LogP contribution in [0.1, 0.15) is 61.1 Å². The van der Waals surface area contributed by atoms with Gasteiger partial charge < -0.3 is 5.32 Å². The van der Waals surface area contributed by atoms with E-state index in [1.807, 2.05) is 24.6 Å². The van der Waals surface area contributed by atoms with Gasteiger partial charge in [-0.3, -0.25) is 5.32 Å². The lowest BCUT2D eigenvalue weighted by atomic mass is 9.92. The zero-order valence-corrected chi connectivity index (χ0v) is 14.0. The Balaban J connectivity index is 3.11. The van der Waals surface area contributed by atoms with Gasteiger partial charge in [-0.2, -0.15) is 5.10 Å². The third kappa shape index (κ3) is 4.25. The summed E-state index contributed by atoms with van der Waals surface area (Å²) in [5.41, 5.74) is 0.720. The minimum Gasteiger partial charge on any atom is -0.336 e. The summed E-state index contributed by atoms with van der Waals surface area (Å²) in [5, 5.41) is 10.4. The van der Waals surface area contributed by atoms with Gasteiger partial charge in [-0.25, -0.2) is 9.48 Å².